The third kappa shape index (κ3) is 4.16. The van der Waals surface area contributed by atoms with Gasteiger partial charge in [0.05, 0.1) is 6.61 Å². The topological polar surface area (TPSA) is 22.1 Å². The molecule has 0 aliphatic heterocycles. The second kappa shape index (κ2) is 8.90. The van der Waals surface area contributed by atoms with Gasteiger partial charge in [-0.15, -0.1) is 0 Å². The van der Waals surface area contributed by atoms with E-state index in [9.17, 15) is 17.6 Å². The number of rotatable bonds is 6. The third-order valence-electron chi connectivity index (χ3n) is 4.42. The highest BCUT2D eigenvalue weighted by Gasteiger charge is 2.21. The summed E-state index contributed by atoms with van der Waals surface area (Å²) in [5.74, 6) is -5.23. The van der Waals surface area contributed by atoms with Gasteiger partial charge in [0, 0.05) is 40.6 Å². The number of allylic oxidation sites excluding steroid dienone is 2. The standard InChI is InChI=1S/C23H19F4NO/c1-3-5-6-15-8-7-14(13-28-15)16-9-10-17(21(25)20(16)24)18-11-12-19(29-4-2)23(27)22(18)26/h3,5,7-13H,4,6H2,1-2H3/b5-3-. The van der Waals surface area contributed by atoms with E-state index in [2.05, 4.69) is 4.98 Å². The van der Waals surface area contributed by atoms with E-state index in [1.165, 1.54) is 30.5 Å². The van der Waals surface area contributed by atoms with Gasteiger partial charge in [0.15, 0.2) is 23.2 Å². The minimum atomic E-state index is -1.29. The average molecular weight is 401 g/mol. The zero-order chi connectivity index (χ0) is 21.0. The predicted octanol–water partition coefficient (Wildman–Crippen LogP) is 6.49. The van der Waals surface area contributed by atoms with Crippen molar-refractivity contribution >= 4 is 0 Å². The Bertz CT molecular complexity index is 1050. The second-order valence-electron chi connectivity index (χ2n) is 6.27. The second-order valence-corrected chi connectivity index (χ2v) is 6.27. The van der Waals surface area contributed by atoms with E-state index in [4.69, 9.17) is 4.74 Å². The molecular formula is C23H19F4NO. The van der Waals surface area contributed by atoms with Gasteiger partial charge in [0.25, 0.3) is 0 Å². The molecule has 0 amide bonds. The minimum absolute atomic E-state index is 0.0110. The van der Waals surface area contributed by atoms with E-state index in [0.717, 1.165) is 5.69 Å². The quantitative estimate of drug-likeness (QED) is 0.348. The number of nitrogens with zero attached hydrogens (tertiary/aromatic N) is 1. The molecule has 3 rings (SSSR count). The smallest absolute Gasteiger partial charge is 0.201 e. The van der Waals surface area contributed by atoms with E-state index < -0.39 is 23.3 Å². The van der Waals surface area contributed by atoms with Crippen molar-refractivity contribution in [1.29, 1.82) is 0 Å². The van der Waals surface area contributed by atoms with Crippen molar-refractivity contribution in [3.05, 3.63) is 83.7 Å². The SMILES string of the molecule is C/C=C\Cc1ccc(-c2ccc(-c3ccc(OCC)c(F)c3F)c(F)c2F)cn1. The van der Waals surface area contributed by atoms with Crippen molar-refractivity contribution in [2.24, 2.45) is 0 Å². The number of hydrogen-bond donors (Lipinski definition) is 0. The van der Waals surface area contributed by atoms with E-state index in [-0.39, 0.29) is 29.0 Å². The highest BCUT2D eigenvalue weighted by atomic mass is 19.2. The fourth-order valence-corrected chi connectivity index (χ4v) is 2.93. The number of hydrogen-bond acceptors (Lipinski definition) is 2. The van der Waals surface area contributed by atoms with Crippen LogP contribution < -0.4 is 4.74 Å². The molecule has 0 radical (unpaired) electrons. The van der Waals surface area contributed by atoms with Crippen LogP contribution in [0.1, 0.15) is 19.5 Å². The van der Waals surface area contributed by atoms with Gasteiger partial charge in [-0.3, -0.25) is 4.98 Å². The summed E-state index contributed by atoms with van der Waals surface area (Å²) in [5.41, 5.74) is 0.409. The molecule has 6 heteroatoms. The van der Waals surface area contributed by atoms with Crippen molar-refractivity contribution in [3.8, 4) is 28.0 Å². The van der Waals surface area contributed by atoms with Gasteiger partial charge in [-0.1, -0.05) is 30.4 Å². The lowest BCUT2D eigenvalue weighted by atomic mass is 9.98. The number of pyridine rings is 1. The van der Waals surface area contributed by atoms with Crippen LogP contribution >= 0.6 is 0 Å². The number of halogens is 4. The van der Waals surface area contributed by atoms with Crippen LogP contribution in [-0.2, 0) is 6.42 Å². The number of ether oxygens (including phenoxy) is 1. The normalized spacial score (nSPS) is 11.2. The maximum atomic E-state index is 14.7. The Morgan fingerprint density at radius 1 is 0.828 bits per heavy atom. The molecule has 0 spiro atoms. The van der Waals surface area contributed by atoms with E-state index in [0.29, 0.717) is 12.0 Å². The van der Waals surface area contributed by atoms with E-state index >= 15 is 0 Å². The van der Waals surface area contributed by atoms with Crippen LogP contribution in [-0.4, -0.2) is 11.6 Å². The van der Waals surface area contributed by atoms with Crippen LogP contribution in [0.2, 0.25) is 0 Å². The largest absolute Gasteiger partial charge is 0.491 e. The Labute approximate surface area is 166 Å². The molecule has 3 aromatic rings. The highest BCUT2D eigenvalue weighted by molar-refractivity contribution is 5.72. The predicted molar refractivity (Wildman–Crippen MR) is 105 cm³/mol. The summed E-state index contributed by atoms with van der Waals surface area (Å²) in [5, 5.41) is 0. The van der Waals surface area contributed by atoms with Crippen LogP contribution in [0, 0.1) is 23.3 Å². The monoisotopic (exact) mass is 401 g/mol. The summed E-state index contributed by atoms with van der Waals surface area (Å²) in [4.78, 5) is 4.23. The Morgan fingerprint density at radius 2 is 1.45 bits per heavy atom. The summed E-state index contributed by atoms with van der Waals surface area (Å²) in [6.07, 6.45) is 5.91. The molecular weight excluding hydrogens is 382 g/mol. The lowest BCUT2D eigenvalue weighted by Gasteiger charge is -2.12. The zero-order valence-electron chi connectivity index (χ0n) is 16.0. The minimum Gasteiger partial charge on any atom is -0.491 e. The highest BCUT2D eigenvalue weighted by Crippen LogP contribution is 2.35. The molecule has 2 aromatic carbocycles. The molecule has 0 unspecified atom stereocenters. The third-order valence-corrected chi connectivity index (χ3v) is 4.42. The van der Waals surface area contributed by atoms with Crippen molar-refractivity contribution in [1.82, 2.24) is 4.98 Å². The zero-order valence-corrected chi connectivity index (χ0v) is 16.0. The van der Waals surface area contributed by atoms with Crippen molar-refractivity contribution in [3.63, 3.8) is 0 Å². The summed E-state index contributed by atoms with van der Waals surface area (Å²) in [7, 11) is 0. The average Bonchev–Trinajstić information content (AvgIpc) is 2.73. The van der Waals surface area contributed by atoms with Gasteiger partial charge in [-0.2, -0.15) is 4.39 Å². The van der Waals surface area contributed by atoms with Crippen LogP contribution in [0.5, 0.6) is 5.75 Å². The molecule has 0 atom stereocenters. The maximum Gasteiger partial charge on any atom is 0.201 e. The van der Waals surface area contributed by atoms with Gasteiger partial charge in [0.2, 0.25) is 5.82 Å². The first-order valence-electron chi connectivity index (χ1n) is 9.13. The van der Waals surface area contributed by atoms with Crippen LogP contribution in [0.15, 0.2) is 54.7 Å². The Hall–Kier alpha value is -3.15. The molecule has 0 saturated heterocycles. The van der Waals surface area contributed by atoms with E-state index in [1.54, 1.807) is 19.1 Å². The Kier molecular flexibility index (Phi) is 6.32. The maximum absolute atomic E-state index is 14.7. The molecule has 0 fully saturated rings. The Morgan fingerprint density at radius 3 is 2.07 bits per heavy atom. The summed E-state index contributed by atoms with van der Waals surface area (Å²) < 4.78 is 62.9. The molecule has 0 N–H and O–H groups in total. The molecule has 150 valence electrons. The van der Waals surface area contributed by atoms with Crippen LogP contribution in [0.4, 0.5) is 17.6 Å². The molecule has 0 saturated carbocycles. The molecule has 0 aliphatic rings. The number of benzene rings is 2. The molecule has 0 bridgehead atoms. The first kappa shape index (κ1) is 20.6. The van der Waals surface area contributed by atoms with Gasteiger partial charge in [-0.05, 0) is 32.0 Å². The molecule has 1 heterocycles. The van der Waals surface area contributed by atoms with Crippen molar-refractivity contribution in [2.75, 3.05) is 6.61 Å². The lowest BCUT2D eigenvalue weighted by Crippen LogP contribution is -2.01. The summed E-state index contributed by atoms with van der Waals surface area (Å²) in [6.45, 7) is 3.67. The van der Waals surface area contributed by atoms with Crippen molar-refractivity contribution < 1.29 is 22.3 Å². The fourth-order valence-electron chi connectivity index (χ4n) is 2.93. The van der Waals surface area contributed by atoms with Crippen LogP contribution in [0.3, 0.4) is 0 Å². The summed E-state index contributed by atoms with van der Waals surface area (Å²) >= 11 is 0. The first-order chi connectivity index (χ1) is 14.0. The molecule has 1 aromatic heterocycles. The van der Waals surface area contributed by atoms with Gasteiger partial charge in [-0.25, -0.2) is 13.2 Å². The van der Waals surface area contributed by atoms with Gasteiger partial charge >= 0.3 is 0 Å². The molecule has 0 aliphatic carbocycles. The van der Waals surface area contributed by atoms with Crippen molar-refractivity contribution in [2.45, 2.75) is 20.3 Å². The first-order valence-corrected chi connectivity index (χ1v) is 9.13. The Balaban J connectivity index is 1.99. The van der Waals surface area contributed by atoms with Crippen LogP contribution in [0.25, 0.3) is 22.3 Å². The van der Waals surface area contributed by atoms with Gasteiger partial charge in [0.1, 0.15) is 0 Å². The summed E-state index contributed by atoms with van der Waals surface area (Å²) in [6, 6.07) is 8.26. The van der Waals surface area contributed by atoms with Gasteiger partial charge < -0.3 is 4.74 Å². The number of aromatic nitrogens is 1. The lowest BCUT2D eigenvalue weighted by molar-refractivity contribution is 0.314. The molecule has 2 nitrogen and oxygen atoms in total. The van der Waals surface area contributed by atoms with E-state index in [1.807, 2.05) is 19.1 Å². The molecule has 29 heavy (non-hydrogen) atoms. The fraction of sp³-hybridized carbons (Fsp3) is 0.174.